The Kier molecular flexibility index (Phi) is 3.61. The predicted octanol–water partition coefficient (Wildman–Crippen LogP) is 3.80. The lowest BCUT2D eigenvalue weighted by atomic mass is 10.1. The molecule has 1 fully saturated rings. The van der Waals surface area contributed by atoms with E-state index in [1.54, 1.807) is 14.2 Å². The number of benzene rings is 1. The van der Waals surface area contributed by atoms with Gasteiger partial charge in [0.15, 0.2) is 0 Å². The van der Waals surface area contributed by atoms with E-state index < -0.39 is 0 Å². The third kappa shape index (κ3) is 2.77. The highest BCUT2D eigenvalue weighted by Gasteiger charge is 2.27. The van der Waals surface area contributed by atoms with Gasteiger partial charge in [0.25, 0.3) is 0 Å². The van der Waals surface area contributed by atoms with Crippen molar-refractivity contribution >= 4 is 15.9 Å². The molecule has 0 spiro atoms. The first-order valence-corrected chi connectivity index (χ1v) is 7.27. The molecule has 1 aromatic heterocycles. The van der Waals surface area contributed by atoms with Crippen molar-refractivity contribution in [1.82, 2.24) is 9.97 Å². The summed E-state index contributed by atoms with van der Waals surface area (Å²) in [7, 11) is 3.29. The standard InChI is InChI=1S/C15H15BrN2O2/c1-19-11-5-10(6-12(7-11)20-2)13-8-14(16)18-15(17-13)9-3-4-9/h5-9H,3-4H2,1-2H3. The van der Waals surface area contributed by atoms with Crippen LogP contribution in [0.15, 0.2) is 28.9 Å². The topological polar surface area (TPSA) is 44.2 Å². The normalized spacial score (nSPS) is 14.2. The van der Waals surface area contributed by atoms with E-state index in [1.165, 1.54) is 12.8 Å². The lowest BCUT2D eigenvalue weighted by molar-refractivity contribution is 0.394. The van der Waals surface area contributed by atoms with Crippen LogP contribution in [-0.2, 0) is 0 Å². The van der Waals surface area contributed by atoms with Crippen LogP contribution in [0, 0.1) is 0 Å². The largest absolute Gasteiger partial charge is 0.497 e. The maximum Gasteiger partial charge on any atom is 0.133 e. The molecule has 1 saturated carbocycles. The third-order valence-corrected chi connectivity index (χ3v) is 3.71. The van der Waals surface area contributed by atoms with E-state index in [1.807, 2.05) is 24.3 Å². The summed E-state index contributed by atoms with van der Waals surface area (Å²) in [6.45, 7) is 0. The molecule has 0 N–H and O–H groups in total. The monoisotopic (exact) mass is 334 g/mol. The first kappa shape index (κ1) is 13.4. The molecule has 3 rings (SSSR count). The Labute approximate surface area is 126 Å². The van der Waals surface area contributed by atoms with Crippen LogP contribution in [0.4, 0.5) is 0 Å². The molecule has 1 aromatic carbocycles. The Hall–Kier alpha value is -1.62. The Morgan fingerprint density at radius 2 is 1.65 bits per heavy atom. The van der Waals surface area contributed by atoms with Crippen molar-refractivity contribution < 1.29 is 9.47 Å². The van der Waals surface area contributed by atoms with Crippen LogP contribution >= 0.6 is 15.9 Å². The molecule has 5 heteroatoms. The number of aromatic nitrogens is 2. The Bertz CT molecular complexity index is 620. The molecule has 4 nitrogen and oxygen atoms in total. The number of nitrogens with zero attached hydrogens (tertiary/aromatic N) is 2. The highest BCUT2D eigenvalue weighted by atomic mass is 79.9. The summed E-state index contributed by atoms with van der Waals surface area (Å²) in [5, 5.41) is 0. The molecule has 1 heterocycles. The van der Waals surface area contributed by atoms with Crippen molar-refractivity contribution in [3.63, 3.8) is 0 Å². The van der Waals surface area contributed by atoms with Crippen LogP contribution < -0.4 is 9.47 Å². The van der Waals surface area contributed by atoms with Gasteiger partial charge in [-0.3, -0.25) is 0 Å². The molecule has 0 amide bonds. The van der Waals surface area contributed by atoms with Crippen LogP contribution in [0.3, 0.4) is 0 Å². The quantitative estimate of drug-likeness (QED) is 0.797. The van der Waals surface area contributed by atoms with Crippen LogP contribution in [-0.4, -0.2) is 24.2 Å². The summed E-state index contributed by atoms with van der Waals surface area (Å²) in [5.41, 5.74) is 1.84. The van der Waals surface area contributed by atoms with Crippen LogP contribution in [0.5, 0.6) is 11.5 Å². The lowest BCUT2D eigenvalue weighted by Crippen LogP contribution is -1.96. The zero-order valence-electron chi connectivity index (χ0n) is 11.4. The van der Waals surface area contributed by atoms with Crippen LogP contribution in [0.25, 0.3) is 11.3 Å². The smallest absolute Gasteiger partial charge is 0.133 e. The molecule has 0 radical (unpaired) electrons. The summed E-state index contributed by atoms with van der Waals surface area (Å²) >= 11 is 3.46. The van der Waals surface area contributed by atoms with Gasteiger partial charge in [-0.25, -0.2) is 9.97 Å². The summed E-state index contributed by atoms with van der Waals surface area (Å²) < 4.78 is 11.4. The number of hydrogen-bond acceptors (Lipinski definition) is 4. The van der Waals surface area contributed by atoms with Gasteiger partial charge in [-0.15, -0.1) is 0 Å². The van der Waals surface area contributed by atoms with Crippen LogP contribution in [0.2, 0.25) is 0 Å². The van der Waals surface area contributed by atoms with Gasteiger partial charge in [0, 0.05) is 17.5 Å². The lowest BCUT2D eigenvalue weighted by Gasteiger charge is -2.09. The molecular weight excluding hydrogens is 320 g/mol. The number of halogens is 1. The molecule has 104 valence electrons. The minimum Gasteiger partial charge on any atom is -0.497 e. The van der Waals surface area contributed by atoms with E-state index in [-0.39, 0.29) is 0 Å². The minimum atomic E-state index is 0.513. The second-order valence-electron chi connectivity index (χ2n) is 4.81. The number of rotatable bonds is 4. The SMILES string of the molecule is COc1cc(OC)cc(-c2cc(Br)nc(C3CC3)n2)c1. The van der Waals surface area contributed by atoms with Crippen molar-refractivity contribution in [2.45, 2.75) is 18.8 Å². The van der Waals surface area contributed by atoms with Gasteiger partial charge >= 0.3 is 0 Å². The van der Waals surface area contributed by atoms with Gasteiger partial charge in [0.1, 0.15) is 21.9 Å². The Morgan fingerprint density at radius 3 is 2.20 bits per heavy atom. The number of methoxy groups -OCH3 is 2. The molecular formula is C15H15BrN2O2. The molecule has 2 aromatic rings. The zero-order valence-corrected chi connectivity index (χ0v) is 13.0. The van der Waals surface area contributed by atoms with Gasteiger partial charge < -0.3 is 9.47 Å². The van der Waals surface area contributed by atoms with Crippen LogP contribution in [0.1, 0.15) is 24.6 Å². The Balaban J connectivity index is 2.07. The molecule has 0 atom stereocenters. The second-order valence-corrected chi connectivity index (χ2v) is 5.62. The zero-order chi connectivity index (χ0) is 14.1. The van der Waals surface area contributed by atoms with Crippen molar-refractivity contribution in [2.75, 3.05) is 14.2 Å². The van der Waals surface area contributed by atoms with Crippen molar-refractivity contribution in [2.24, 2.45) is 0 Å². The van der Waals surface area contributed by atoms with E-state index >= 15 is 0 Å². The molecule has 20 heavy (non-hydrogen) atoms. The van der Waals surface area contributed by atoms with Gasteiger partial charge in [0.2, 0.25) is 0 Å². The predicted molar refractivity (Wildman–Crippen MR) is 80.2 cm³/mol. The second kappa shape index (κ2) is 5.40. The van der Waals surface area contributed by atoms with E-state index in [0.29, 0.717) is 5.92 Å². The fraction of sp³-hybridized carbons (Fsp3) is 0.333. The number of ether oxygens (including phenoxy) is 2. The highest BCUT2D eigenvalue weighted by molar-refractivity contribution is 9.10. The molecule has 0 saturated heterocycles. The summed E-state index contributed by atoms with van der Waals surface area (Å²) in [6, 6.07) is 7.67. The number of hydrogen-bond donors (Lipinski definition) is 0. The molecule has 0 aliphatic heterocycles. The Morgan fingerprint density at radius 1 is 1.00 bits per heavy atom. The van der Waals surface area contributed by atoms with E-state index in [0.717, 1.165) is 33.2 Å². The van der Waals surface area contributed by atoms with E-state index in [9.17, 15) is 0 Å². The van der Waals surface area contributed by atoms with Gasteiger partial charge in [-0.1, -0.05) is 0 Å². The minimum absolute atomic E-state index is 0.513. The molecule has 1 aliphatic carbocycles. The fourth-order valence-electron chi connectivity index (χ4n) is 2.06. The van der Waals surface area contributed by atoms with Crippen molar-refractivity contribution in [3.8, 4) is 22.8 Å². The average Bonchev–Trinajstić information content (AvgIpc) is 3.30. The summed E-state index contributed by atoms with van der Waals surface area (Å²) in [5.74, 6) is 2.93. The van der Waals surface area contributed by atoms with Gasteiger partial charge in [-0.2, -0.15) is 0 Å². The van der Waals surface area contributed by atoms with Crippen molar-refractivity contribution in [1.29, 1.82) is 0 Å². The summed E-state index contributed by atoms with van der Waals surface area (Å²) in [4.78, 5) is 9.11. The fourth-order valence-corrected chi connectivity index (χ4v) is 2.46. The molecule has 0 bridgehead atoms. The van der Waals surface area contributed by atoms with E-state index in [2.05, 4.69) is 25.9 Å². The van der Waals surface area contributed by atoms with Gasteiger partial charge in [0.05, 0.1) is 19.9 Å². The third-order valence-electron chi connectivity index (χ3n) is 3.30. The first-order chi connectivity index (χ1) is 9.69. The first-order valence-electron chi connectivity index (χ1n) is 6.47. The maximum absolute atomic E-state index is 5.30. The molecule has 1 aliphatic rings. The van der Waals surface area contributed by atoms with E-state index in [4.69, 9.17) is 9.47 Å². The molecule has 0 unspecified atom stereocenters. The van der Waals surface area contributed by atoms with Gasteiger partial charge in [-0.05, 0) is 47.0 Å². The van der Waals surface area contributed by atoms with Crippen molar-refractivity contribution in [3.05, 3.63) is 34.7 Å². The average molecular weight is 335 g/mol. The highest BCUT2D eigenvalue weighted by Crippen LogP contribution is 2.39. The summed E-state index contributed by atoms with van der Waals surface area (Å²) in [6.07, 6.45) is 2.36. The maximum atomic E-state index is 5.30.